The SMILES string of the molecule is NC(=O)C(N)OCc1ccccc1.O=C(O)C(F)(F)F. The molecular weight excluding hydrogens is 281 g/mol. The molecule has 0 bridgehead atoms. The summed E-state index contributed by atoms with van der Waals surface area (Å²) >= 11 is 0. The Balaban J connectivity index is 0.000000441. The molecule has 1 amide bonds. The fourth-order valence-electron chi connectivity index (χ4n) is 0.842. The number of amides is 1. The van der Waals surface area contributed by atoms with E-state index in [0.29, 0.717) is 6.61 Å². The van der Waals surface area contributed by atoms with Gasteiger partial charge in [-0.25, -0.2) is 4.79 Å². The molecule has 0 radical (unpaired) electrons. The third-order valence-electron chi connectivity index (χ3n) is 1.80. The summed E-state index contributed by atoms with van der Waals surface area (Å²) in [5.41, 5.74) is 11.1. The number of carboxylic acid groups (broad SMARTS) is 1. The molecule has 0 aromatic heterocycles. The highest BCUT2D eigenvalue weighted by Gasteiger charge is 2.38. The van der Waals surface area contributed by atoms with Gasteiger partial charge in [0.25, 0.3) is 5.91 Å². The monoisotopic (exact) mass is 294 g/mol. The van der Waals surface area contributed by atoms with E-state index in [0.717, 1.165) is 5.56 Å². The normalized spacial score (nSPS) is 12.0. The average molecular weight is 294 g/mol. The highest BCUT2D eigenvalue weighted by molar-refractivity contribution is 5.78. The number of alkyl halides is 3. The molecule has 0 saturated carbocycles. The molecule has 1 unspecified atom stereocenters. The Hall–Kier alpha value is -2.13. The van der Waals surface area contributed by atoms with Gasteiger partial charge in [-0.15, -0.1) is 0 Å². The van der Waals surface area contributed by atoms with E-state index in [1.807, 2.05) is 30.3 Å². The minimum atomic E-state index is -5.08. The van der Waals surface area contributed by atoms with Crippen LogP contribution in [0.3, 0.4) is 0 Å². The Morgan fingerprint density at radius 2 is 1.70 bits per heavy atom. The molecule has 6 nitrogen and oxygen atoms in total. The van der Waals surface area contributed by atoms with E-state index in [1.54, 1.807) is 0 Å². The zero-order valence-electron chi connectivity index (χ0n) is 10.1. The van der Waals surface area contributed by atoms with Crippen LogP contribution in [0.2, 0.25) is 0 Å². The van der Waals surface area contributed by atoms with Gasteiger partial charge in [-0.05, 0) is 5.56 Å². The molecule has 1 aromatic carbocycles. The number of halogens is 3. The van der Waals surface area contributed by atoms with Gasteiger partial charge in [0.05, 0.1) is 6.61 Å². The van der Waals surface area contributed by atoms with Crippen LogP contribution in [-0.4, -0.2) is 29.4 Å². The Morgan fingerprint density at radius 1 is 1.25 bits per heavy atom. The second kappa shape index (κ2) is 8.12. The van der Waals surface area contributed by atoms with Crippen LogP contribution in [0.15, 0.2) is 30.3 Å². The van der Waals surface area contributed by atoms with Crippen molar-refractivity contribution < 1.29 is 32.6 Å². The largest absolute Gasteiger partial charge is 0.490 e. The third-order valence-corrected chi connectivity index (χ3v) is 1.80. The van der Waals surface area contributed by atoms with Gasteiger partial charge in [0.1, 0.15) is 0 Å². The van der Waals surface area contributed by atoms with Crippen molar-refractivity contribution in [3.63, 3.8) is 0 Å². The summed E-state index contributed by atoms with van der Waals surface area (Å²) < 4.78 is 36.7. The quantitative estimate of drug-likeness (QED) is 0.703. The van der Waals surface area contributed by atoms with Crippen molar-refractivity contribution in [3.8, 4) is 0 Å². The fourth-order valence-corrected chi connectivity index (χ4v) is 0.842. The maximum Gasteiger partial charge on any atom is 0.490 e. The lowest BCUT2D eigenvalue weighted by atomic mass is 10.2. The van der Waals surface area contributed by atoms with Crippen LogP contribution in [0.1, 0.15) is 5.56 Å². The summed E-state index contributed by atoms with van der Waals surface area (Å²) in [5, 5.41) is 7.12. The van der Waals surface area contributed by atoms with Crippen LogP contribution in [0.5, 0.6) is 0 Å². The summed E-state index contributed by atoms with van der Waals surface area (Å²) in [7, 11) is 0. The molecule has 20 heavy (non-hydrogen) atoms. The van der Waals surface area contributed by atoms with Crippen LogP contribution < -0.4 is 11.5 Å². The second-order valence-corrected chi connectivity index (χ2v) is 3.42. The van der Waals surface area contributed by atoms with Crippen LogP contribution >= 0.6 is 0 Å². The molecule has 9 heteroatoms. The van der Waals surface area contributed by atoms with Crippen LogP contribution in [0.4, 0.5) is 13.2 Å². The van der Waals surface area contributed by atoms with Gasteiger partial charge < -0.3 is 15.6 Å². The van der Waals surface area contributed by atoms with Crippen molar-refractivity contribution in [1.82, 2.24) is 0 Å². The van der Waals surface area contributed by atoms with Crippen molar-refractivity contribution in [2.75, 3.05) is 0 Å². The first-order valence-corrected chi connectivity index (χ1v) is 5.15. The van der Waals surface area contributed by atoms with Crippen molar-refractivity contribution in [1.29, 1.82) is 0 Å². The molecule has 0 aliphatic carbocycles. The molecule has 0 spiro atoms. The van der Waals surface area contributed by atoms with E-state index >= 15 is 0 Å². The molecule has 0 aliphatic heterocycles. The van der Waals surface area contributed by atoms with Gasteiger partial charge in [0.15, 0.2) is 6.23 Å². The molecule has 0 aliphatic rings. The lowest BCUT2D eigenvalue weighted by Gasteiger charge is -2.08. The van der Waals surface area contributed by atoms with E-state index in [2.05, 4.69) is 0 Å². The first kappa shape index (κ1) is 17.9. The summed E-state index contributed by atoms with van der Waals surface area (Å²) in [5.74, 6) is -3.41. The summed E-state index contributed by atoms with van der Waals surface area (Å²) in [6, 6.07) is 9.43. The Bertz CT molecular complexity index is 437. The van der Waals surface area contributed by atoms with Crippen LogP contribution in [0.25, 0.3) is 0 Å². The van der Waals surface area contributed by atoms with Crippen molar-refractivity contribution >= 4 is 11.9 Å². The first-order valence-electron chi connectivity index (χ1n) is 5.15. The number of primary amides is 1. The van der Waals surface area contributed by atoms with Gasteiger partial charge in [0.2, 0.25) is 0 Å². The maximum atomic E-state index is 10.6. The number of carboxylic acids is 1. The smallest absolute Gasteiger partial charge is 0.475 e. The van der Waals surface area contributed by atoms with E-state index in [9.17, 15) is 18.0 Å². The Labute approximate surface area is 112 Å². The third kappa shape index (κ3) is 8.06. The Morgan fingerprint density at radius 3 is 2.05 bits per heavy atom. The topological polar surface area (TPSA) is 116 Å². The number of hydrogen-bond acceptors (Lipinski definition) is 4. The van der Waals surface area contributed by atoms with Crippen molar-refractivity contribution in [3.05, 3.63) is 35.9 Å². The molecule has 0 fully saturated rings. The zero-order valence-corrected chi connectivity index (χ0v) is 10.1. The number of ether oxygens (including phenoxy) is 1. The molecule has 0 saturated heterocycles. The van der Waals surface area contributed by atoms with Crippen LogP contribution in [0, 0.1) is 0 Å². The first-order chi connectivity index (χ1) is 9.14. The van der Waals surface area contributed by atoms with Crippen molar-refractivity contribution in [2.45, 2.75) is 19.0 Å². The van der Waals surface area contributed by atoms with Gasteiger partial charge in [-0.1, -0.05) is 30.3 Å². The predicted molar refractivity (Wildman–Crippen MR) is 62.1 cm³/mol. The van der Waals surface area contributed by atoms with E-state index in [4.69, 9.17) is 26.1 Å². The van der Waals surface area contributed by atoms with Gasteiger partial charge in [-0.2, -0.15) is 13.2 Å². The molecule has 1 aromatic rings. The molecule has 0 heterocycles. The Kier molecular flexibility index (Phi) is 7.26. The summed E-state index contributed by atoms with van der Waals surface area (Å²) in [6.45, 7) is 0.297. The van der Waals surface area contributed by atoms with Gasteiger partial charge in [-0.3, -0.25) is 10.5 Å². The molecule has 5 N–H and O–H groups in total. The number of rotatable bonds is 4. The lowest BCUT2D eigenvalue weighted by Crippen LogP contribution is -2.38. The number of benzene rings is 1. The minimum absolute atomic E-state index is 0.297. The predicted octanol–water partition coefficient (Wildman–Crippen LogP) is 0.607. The summed E-state index contributed by atoms with van der Waals surface area (Å²) in [6.07, 6.45) is -6.11. The molecule has 1 atom stereocenters. The average Bonchev–Trinajstić information content (AvgIpc) is 2.36. The van der Waals surface area contributed by atoms with Gasteiger partial charge in [0, 0.05) is 0 Å². The second-order valence-electron chi connectivity index (χ2n) is 3.42. The van der Waals surface area contributed by atoms with E-state index < -0.39 is 24.3 Å². The summed E-state index contributed by atoms with van der Waals surface area (Å²) in [4.78, 5) is 19.4. The highest BCUT2D eigenvalue weighted by Crippen LogP contribution is 2.13. The number of carbonyl (C=O) groups excluding carboxylic acids is 1. The zero-order chi connectivity index (χ0) is 15.8. The fraction of sp³-hybridized carbons (Fsp3) is 0.273. The van der Waals surface area contributed by atoms with E-state index in [-0.39, 0.29) is 0 Å². The molecular formula is C11H13F3N2O4. The number of aliphatic carboxylic acids is 1. The molecule has 1 rings (SSSR count). The lowest BCUT2D eigenvalue weighted by molar-refractivity contribution is -0.192. The van der Waals surface area contributed by atoms with Gasteiger partial charge >= 0.3 is 12.1 Å². The highest BCUT2D eigenvalue weighted by atomic mass is 19.4. The van der Waals surface area contributed by atoms with E-state index in [1.165, 1.54) is 0 Å². The molecule has 112 valence electrons. The number of nitrogens with two attached hydrogens (primary N) is 2. The maximum absolute atomic E-state index is 10.6. The standard InChI is InChI=1S/C9H12N2O2.C2HF3O2/c10-8(12)9(11)13-6-7-4-2-1-3-5-7;3-2(4,5)1(6)7/h1-5,9H,6,11H2,(H2,10,12);(H,6,7). The minimum Gasteiger partial charge on any atom is -0.475 e. The van der Waals surface area contributed by atoms with Crippen molar-refractivity contribution in [2.24, 2.45) is 11.5 Å². The number of hydrogen-bond donors (Lipinski definition) is 3. The van der Waals surface area contributed by atoms with Crippen LogP contribution in [-0.2, 0) is 20.9 Å². The number of carbonyl (C=O) groups is 2.